The first-order valence-electron chi connectivity index (χ1n) is 11.1. The Morgan fingerprint density at radius 3 is 2.13 bits per heavy atom. The summed E-state index contributed by atoms with van der Waals surface area (Å²) in [6.07, 6.45) is 0.367. The number of nitrogens with zero attached hydrogens (tertiary/aromatic N) is 5. The number of anilines is 1. The maximum Gasteiger partial charge on any atom is 0.228 e. The molecular formula is C24H32BrN5O. The maximum atomic E-state index is 13.0. The average Bonchev–Trinajstić information content (AvgIpc) is 2.75. The van der Waals surface area contributed by atoms with Crippen LogP contribution in [-0.2, 0) is 11.2 Å². The van der Waals surface area contributed by atoms with Crippen molar-refractivity contribution in [2.75, 3.05) is 71.4 Å². The number of aryl methyl sites for hydroxylation is 1. The van der Waals surface area contributed by atoms with Crippen LogP contribution in [0.4, 0.5) is 5.82 Å². The van der Waals surface area contributed by atoms with E-state index in [4.69, 9.17) is 4.98 Å². The van der Waals surface area contributed by atoms with Crippen molar-refractivity contribution >= 4 is 27.7 Å². The minimum absolute atomic E-state index is 0.181. The highest BCUT2D eigenvalue weighted by atomic mass is 79.9. The lowest BCUT2D eigenvalue weighted by Crippen LogP contribution is -2.47. The maximum absolute atomic E-state index is 13.0. The van der Waals surface area contributed by atoms with Gasteiger partial charge in [-0.15, -0.1) is 0 Å². The normalized spacial score (nSPS) is 18.5. The largest absolute Gasteiger partial charge is 0.354 e. The fourth-order valence-corrected chi connectivity index (χ4v) is 4.62. The van der Waals surface area contributed by atoms with Crippen LogP contribution in [-0.4, -0.2) is 92.0 Å². The second kappa shape index (κ2) is 9.67. The zero-order valence-corrected chi connectivity index (χ0v) is 20.4. The molecule has 3 heterocycles. The van der Waals surface area contributed by atoms with E-state index in [1.54, 1.807) is 0 Å². The van der Waals surface area contributed by atoms with E-state index in [1.165, 1.54) is 16.7 Å². The lowest BCUT2D eigenvalue weighted by Gasteiger charge is -2.35. The summed E-state index contributed by atoms with van der Waals surface area (Å²) in [4.78, 5) is 27.0. The van der Waals surface area contributed by atoms with Crippen LogP contribution in [0.25, 0.3) is 11.1 Å². The van der Waals surface area contributed by atoms with Gasteiger partial charge in [-0.3, -0.25) is 4.79 Å². The summed E-state index contributed by atoms with van der Waals surface area (Å²) in [6.45, 7) is 9.55. The number of amides is 1. The Kier molecular flexibility index (Phi) is 6.94. The zero-order valence-electron chi connectivity index (χ0n) is 18.8. The number of rotatable bonds is 4. The summed E-state index contributed by atoms with van der Waals surface area (Å²) in [5.74, 6) is 1.19. The molecule has 7 heteroatoms. The second-order valence-corrected chi connectivity index (χ2v) is 9.70. The van der Waals surface area contributed by atoms with E-state index in [0.717, 1.165) is 68.3 Å². The van der Waals surface area contributed by atoms with Gasteiger partial charge in [-0.05, 0) is 50.3 Å². The van der Waals surface area contributed by atoms with Gasteiger partial charge in [0.15, 0.2) is 0 Å². The lowest BCUT2D eigenvalue weighted by atomic mass is 9.99. The highest BCUT2D eigenvalue weighted by Gasteiger charge is 2.24. The van der Waals surface area contributed by atoms with Crippen molar-refractivity contribution < 1.29 is 4.79 Å². The van der Waals surface area contributed by atoms with Crippen LogP contribution >= 0.6 is 15.9 Å². The number of likely N-dealkylation sites (N-methyl/N-ethyl adjacent to an activating group) is 2. The van der Waals surface area contributed by atoms with Crippen molar-refractivity contribution in [2.45, 2.75) is 13.3 Å². The zero-order chi connectivity index (χ0) is 22.0. The Morgan fingerprint density at radius 2 is 1.52 bits per heavy atom. The van der Waals surface area contributed by atoms with Gasteiger partial charge in [0, 0.05) is 62.4 Å². The number of carbonyl (C=O) groups is 1. The molecule has 2 saturated heterocycles. The number of benzene rings is 1. The Hall–Kier alpha value is -1.96. The average molecular weight is 486 g/mol. The summed E-state index contributed by atoms with van der Waals surface area (Å²) in [5, 5.41) is 0. The van der Waals surface area contributed by atoms with Gasteiger partial charge in [0.1, 0.15) is 5.82 Å². The number of pyridine rings is 1. The van der Waals surface area contributed by atoms with Crippen LogP contribution in [0.2, 0.25) is 0 Å². The fourth-order valence-electron chi connectivity index (χ4n) is 4.36. The Morgan fingerprint density at radius 1 is 0.935 bits per heavy atom. The minimum atomic E-state index is 0.181. The van der Waals surface area contributed by atoms with Gasteiger partial charge in [-0.1, -0.05) is 28.1 Å². The molecule has 0 spiro atoms. The van der Waals surface area contributed by atoms with E-state index in [9.17, 15) is 4.79 Å². The van der Waals surface area contributed by atoms with Crippen molar-refractivity contribution in [1.82, 2.24) is 19.7 Å². The molecule has 6 nitrogen and oxygen atoms in total. The molecule has 1 aromatic carbocycles. The Bertz CT molecular complexity index is 916. The molecule has 2 fully saturated rings. The topological polar surface area (TPSA) is 42.9 Å². The van der Waals surface area contributed by atoms with E-state index >= 15 is 0 Å². The van der Waals surface area contributed by atoms with Gasteiger partial charge in [0.05, 0.1) is 12.1 Å². The van der Waals surface area contributed by atoms with Crippen LogP contribution in [0.5, 0.6) is 0 Å². The van der Waals surface area contributed by atoms with Crippen LogP contribution < -0.4 is 4.90 Å². The van der Waals surface area contributed by atoms with Crippen molar-refractivity contribution in [3.63, 3.8) is 0 Å². The molecule has 0 saturated carbocycles. The standard InChI is InChI=1S/C24H32BrN5O/c1-18-16-21(17-22(31)29-12-8-27(2)9-13-29)26-24(30-14-10-28(3)11-15-30)23(18)19-4-6-20(25)7-5-19/h4-7,16H,8-15,17H2,1-3H3. The molecule has 0 radical (unpaired) electrons. The van der Waals surface area contributed by atoms with Gasteiger partial charge < -0.3 is 19.6 Å². The molecule has 0 aliphatic carbocycles. The quantitative estimate of drug-likeness (QED) is 0.665. The smallest absolute Gasteiger partial charge is 0.228 e. The number of piperazine rings is 2. The molecule has 0 bridgehead atoms. The summed E-state index contributed by atoms with van der Waals surface area (Å²) in [7, 11) is 4.27. The summed E-state index contributed by atoms with van der Waals surface area (Å²) >= 11 is 3.54. The van der Waals surface area contributed by atoms with E-state index in [-0.39, 0.29) is 5.91 Å². The highest BCUT2D eigenvalue weighted by molar-refractivity contribution is 9.10. The minimum Gasteiger partial charge on any atom is -0.354 e. The Labute approximate surface area is 194 Å². The van der Waals surface area contributed by atoms with Crippen LogP contribution in [0, 0.1) is 6.92 Å². The molecule has 0 N–H and O–H groups in total. The van der Waals surface area contributed by atoms with Crippen LogP contribution in [0.15, 0.2) is 34.8 Å². The van der Waals surface area contributed by atoms with E-state index in [0.29, 0.717) is 6.42 Å². The molecule has 1 amide bonds. The molecular weight excluding hydrogens is 454 g/mol. The first kappa shape index (κ1) is 22.2. The van der Waals surface area contributed by atoms with E-state index < -0.39 is 0 Å². The predicted molar refractivity (Wildman–Crippen MR) is 130 cm³/mol. The SMILES string of the molecule is Cc1cc(CC(=O)N2CCN(C)CC2)nc(N2CCN(C)CC2)c1-c1ccc(Br)cc1. The van der Waals surface area contributed by atoms with E-state index in [2.05, 4.69) is 82.0 Å². The first-order valence-corrected chi connectivity index (χ1v) is 11.9. The lowest BCUT2D eigenvalue weighted by molar-refractivity contribution is -0.132. The third-order valence-electron chi connectivity index (χ3n) is 6.37. The highest BCUT2D eigenvalue weighted by Crippen LogP contribution is 2.34. The molecule has 1 aromatic heterocycles. The van der Waals surface area contributed by atoms with Gasteiger partial charge in [0.2, 0.25) is 5.91 Å². The third kappa shape index (κ3) is 5.27. The fraction of sp³-hybridized carbons (Fsp3) is 0.500. The number of carbonyl (C=O) groups excluding carboxylic acids is 1. The predicted octanol–water partition coefficient (Wildman–Crippen LogP) is 2.89. The molecule has 0 atom stereocenters. The number of hydrogen-bond acceptors (Lipinski definition) is 5. The molecule has 166 valence electrons. The third-order valence-corrected chi connectivity index (χ3v) is 6.90. The number of hydrogen-bond donors (Lipinski definition) is 0. The molecule has 2 aliphatic rings. The number of halogens is 1. The van der Waals surface area contributed by atoms with Crippen molar-refractivity contribution in [1.29, 1.82) is 0 Å². The molecule has 2 aliphatic heterocycles. The summed E-state index contributed by atoms with van der Waals surface area (Å²) in [5.41, 5.74) is 4.38. The van der Waals surface area contributed by atoms with Gasteiger partial charge in [0.25, 0.3) is 0 Å². The summed E-state index contributed by atoms with van der Waals surface area (Å²) in [6, 6.07) is 10.5. The van der Waals surface area contributed by atoms with Gasteiger partial charge >= 0.3 is 0 Å². The monoisotopic (exact) mass is 485 g/mol. The molecule has 31 heavy (non-hydrogen) atoms. The van der Waals surface area contributed by atoms with Crippen molar-refractivity contribution in [3.05, 3.63) is 46.1 Å². The van der Waals surface area contributed by atoms with Crippen molar-refractivity contribution in [2.24, 2.45) is 0 Å². The Balaban J connectivity index is 1.64. The van der Waals surface area contributed by atoms with E-state index in [1.807, 2.05) is 4.90 Å². The molecule has 4 rings (SSSR count). The number of aromatic nitrogens is 1. The summed E-state index contributed by atoms with van der Waals surface area (Å²) < 4.78 is 1.07. The van der Waals surface area contributed by atoms with Crippen LogP contribution in [0.1, 0.15) is 11.3 Å². The second-order valence-electron chi connectivity index (χ2n) is 8.79. The first-order chi connectivity index (χ1) is 14.9. The van der Waals surface area contributed by atoms with Crippen LogP contribution in [0.3, 0.4) is 0 Å². The van der Waals surface area contributed by atoms with Gasteiger partial charge in [-0.25, -0.2) is 4.98 Å². The molecule has 2 aromatic rings. The van der Waals surface area contributed by atoms with Crippen molar-refractivity contribution in [3.8, 4) is 11.1 Å². The molecule has 0 unspecified atom stereocenters. The van der Waals surface area contributed by atoms with Gasteiger partial charge in [-0.2, -0.15) is 0 Å².